The second-order valence-corrected chi connectivity index (χ2v) is 5.10. The molecule has 1 aliphatic heterocycles. The predicted octanol–water partition coefficient (Wildman–Crippen LogP) is 2.77. The summed E-state index contributed by atoms with van der Waals surface area (Å²) in [6.45, 7) is 5.42. The molecule has 1 saturated heterocycles. The van der Waals surface area contributed by atoms with Crippen LogP contribution in [0.2, 0.25) is 0 Å². The largest absolute Gasteiger partial charge is 0.377 e. The first kappa shape index (κ1) is 12.6. The third kappa shape index (κ3) is 3.83. The van der Waals surface area contributed by atoms with Crippen molar-refractivity contribution in [1.82, 2.24) is 5.32 Å². The average molecular weight is 233 g/mol. The van der Waals surface area contributed by atoms with Crippen LogP contribution in [0.15, 0.2) is 30.3 Å². The van der Waals surface area contributed by atoms with Crippen LogP contribution in [0, 0.1) is 0 Å². The SMILES string of the molecule is CC(Cc1ccccc1)NC(C)C1CCCO1. The minimum atomic E-state index is 0.410. The fourth-order valence-corrected chi connectivity index (χ4v) is 2.58. The maximum atomic E-state index is 5.70. The summed E-state index contributed by atoms with van der Waals surface area (Å²) in [5.41, 5.74) is 1.40. The monoisotopic (exact) mass is 233 g/mol. The molecule has 1 heterocycles. The van der Waals surface area contributed by atoms with Crippen molar-refractivity contribution in [2.75, 3.05) is 6.61 Å². The first-order valence-corrected chi connectivity index (χ1v) is 6.67. The summed E-state index contributed by atoms with van der Waals surface area (Å²) in [4.78, 5) is 0. The first-order chi connectivity index (χ1) is 8.25. The molecule has 3 atom stereocenters. The van der Waals surface area contributed by atoms with Crippen LogP contribution < -0.4 is 5.32 Å². The van der Waals surface area contributed by atoms with Gasteiger partial charge in [-0.25, -0.2) is 0 Å². The highest BCUT2D eigenvalue weighted by atomic mass is 16.5. The van der Waals surface area contributed by atoms with Crippen molar-refractivity contribution < 1.29 is 4.74 Å². The molecule has 2 nitrogen and oxygen atoms in total. The van der Waals surface area contributed by atoms with Crippen molar-refractivity contribution in [1.29, 1.82) is 0 Å². The van der Waals surface area contributed by atoms with Gasteiger partial charge in [-0.2, -0.15) is 0 Å². The van der Waals surface area contributed by atoms with Gasteiger partial charge in [-0.05, 0) is 38.7 Å². The number of rotatable bonds is 5. The molecule has 1 fully saturated rings. The van der Waals surface area contributed by atoms with E-state index in [-0.39, 0.29) is 0 Å². The van der Waals surface area contributed by atoms with Crippen LogP contribution in [0.1, 0.15) is 32.3 Å². The summed E-state index contributed by atoms with van der Waals surface area (Å²) in [6, 6.07) is 11.6. The molecule has 0 spiro atoms. The summed E-state index contributed by atoms with van der Waals surface area (Å²) in [7, 11) is 0. The molecule has 1 aromatic carbocycles. The summed E-state index contributed by atoms with van der Waals surface area (Å²) in [5.74, 6) is 0. The Bertz CT molecular complexity index is 319. The lowest BCUT2D eigenvalue weighted by Crippen LogP contribution is -2.42. The Morgan fingerprint density at radius 2 is 2.06 bits per heavy atom. The van der Waals surface area contributed by atoms with Gasteiger partial charge in [-0.3, -0.25) is 0 Å². The van der Waals surface area contributed by atoms with Crippen LogP contribution in [0.25, 0.3) is 0 Å². The van der Waals surface area contributed by atoms with Crippen LogP contribution in [-0.4, -0.2) is 24.8 Å². The Morgan fingerprint density at radius 1 is 1.29 bits per heavy atom. The lowest BCUT2D eigenvalue weighted by atomic mass is 10.0. The first-order valence-electron chi connectivity index (χ1n) is 6.67. The minimum absolute atomic E-state index is 0.410. The minimum Gasteiger partial charge on any atom is -0.377 e. The molecule has 0 saturated carbocycles. The Kier molecular flexibility index (Phi) is 4.57. The van der Waals surface area contributed by atoms with Gasteiger partial charge in [0.2, 0.25) is 0 Å². The maximum Gasteiger partial charge on any atom is 0.0726 e. The fraction of sp³-hybridized carbons (Fsp3) is 0.600. The number of hydrogen-bond acceptors (Lipinski definition) is 2. The second-order valence-electron chi connectivity index (χ2n) is 5.10. The molecule has 2 heteroatoms. The number of ether oxygens (including phenoxy) is 1. The smallest absolute Gasteiger partial charge is 0.0726 e. The Morgan fingerprint density at radius 3 is 2.71 bits per heavy atom. The van der Waals surface area contributed by atoms with E-state index in [2.05, 4.69) is 49.5 Å². The topological polar surface area (TPSA) is 21.3 Å². The summed E-state index contributed by atoms with van der Waals surface area (Å²) >= 11 is 0. The molecule has 2 rings (SSSR count). The van der Waals surface area contributed by atoms with E-state index in [1.165, 1.54) is 18.4 Å². The van der Waals surface area contributed by atoms with E-state index in [0.29, 0.717) is 18.2 Å². The number of hydrogen-bond donors (Lipinski definition) is 1. The maximum absolute atomic E-state index is 5.70. The molecule has 0 aliphatic carbocycles. The zero-order valence-electron chi connectivity index (χ0n) is 10.9. The molecular formula is C15H23NO. The third-order valence-electron chi connectivity index (χ3n) is 3.45. The van der Waals surface area contributed by atoms with Gasteiger partial charge >= 0.3 is 0 Å². The van der Waals surface area contributed by atoms with Gasteiger partial charge in [0, 0.05) is 18.7 Å². The number of benzene rings is 1. The lowest BCUT2D eigenvalue weighted by molar-refractivity contribution is 0.0804. The van der Waals surface area contributed by atoms with Gasteiger partial charge in [0.1, 0.15) is 0 Å². The van der Waals surface area contributed by atoms with Crippen molar-refractivity contribution >= 4 is 0 Å². The Labute approximate surface area is 104 Å². The number of nitrogens with one attached hydrogen (secondary N) is 1. The highest BCUT2D eigenvalue weighted by Crippen LogP contribution is 2.16. The quantitative estimate of drug-likeness (QED) is 0.844. The van der Waals surface area contributed by atoms with Crippen LogP contribution >= 0.6 is 0 Å². The zero-order valence-corrected chi connectivity index (χ0v) is 10.9. The van der Waals surface area contributed by atoms with Crippen molar-refractivity contribution in [3.63, 3.8) is 0 Å². The van der Waals surface area contributed by atoms with Crippen molar-refractivity contribution in [2.24, 2.45) is 0 Å². The lowest BCUT2D eigenvalue weighted by Gasteiger charge is -2.24. The van der Waals surface area contributed by atoms with Crippen molar-refractivity contribution in [3.8, 4) is 0 Å². The average Bonchev–Trinajstić information content (AvgIpc) is 2.83. The van der Waals surface area contributed by atoms with E-state index in [1.54, 1.807) is 0 Å². The van der Waals surface area contributed by atoms with Gasteiger partial charge in [0.15, 0.2) is 0 Å². The van der Waals surface area contributed by atoms with Gasteiger partial charge in [-0.1, -0.05) is 30.3 Å². The van der Waals surface area contributed by atoms with Gasteiger partial charge in [0.25, 0.3) is 0 Å². The fourth-order valence-electron chi connectivity index (χ4n) is 2.58. The molecule has 0 aromatic heterocycles. The molecular weight excluding hydrogens is 210 g/mol. The molecule has 1 aromatic rings. The molecule has 94 valence electrons. The van der Waals surface area contributed by atoms with Crippen molar-refractivity contribution in [3.05, 3.63) is 35.9 Å². The van der Waals surface area contributed by atoms with Crippen LogP contribution in [0.5, 0.6) is 0 Å². The highest BCUT2D eigenvalue weighted by Gasteiger charge is 2.23. The summed E-state index contributed by atoms with van der Waals surface area (Å²) in [6.07, 6.45) is 3.90. The summed E-state index contributed by atoms with van der Waals surface area (Å²) in [5, 5.41) is 3.65. The van der Waals surface area contributed by atoms with E-state index >= 15 is 0 Å². The Hall–Kier alpha value is -0.860. The molecule has 1 aliphatic rings. The Balaban J connectivity index is 1.78. The van der Waals surface area contributed by atoms with E-state index in [9.17, 15) is 0 Å². The molecule has 1 N–H and O–H groups in total. The standard InChI is InChI=1S/C15H23NO/c1-12(11-14-7-4-3-5-8-14)16-13(2)15-9-6-10-17-15/h3-5,7-8,12-13,15-16H,6,9-11H2,1-2H3. The van der Waals surface area contributed by atoms with E-state index in [4.69, 9.17) is 4.74 Å². The molecule has 0 radical (unpaired) electrons. The van der Waals surface area contributed by atoms with E-state index < -0.39 is 0 Å². The van der Waals surface area contributed by atoms with Crippen molar-refractivity contribution in [2.45, 2.75) is 51.3 Å². The predicted molar refractivity (Wildman–Crippen MR) is 71.2 cm³/mol. The van der Waals surface area contributed by atoms with Crippen LogP contribution in [0.3, 0.4) is 0 Å². The van der Waals surface area contributed by atoms with Crippen LogP contribution in [-0.2, 0) is 11.2 Å². The highest BCUT2D eigenvalue weighted by molar-refractivity contribution is 5.15. The molecule has 17 heavy (non-hydrogen) atoms. The van der Waals surface area contributed by atoms with Crippen LogP contribution in [0.4, 0.5) is 0 Å². The zero-order chi connectivity index (χ0) is 12.1. The molecule has 0 bridgehead atoms. The summed E-state index contributed by atoms with van der Waals surface area (Å²) < 4.78 is 5.70. The van der Waals surface area contributed by atoms with E-state index in [0.717, 1.165) is 13.0 Å². The normalized spacial score (nSPS) is 23.5. The van der Waals surface area contributed by atoms with E-state index in [1.807, 2.05) is 0 Å². The molecule has 0 amide bonds. The van der Waals surface area contributed by atoms with Gasteiger partial charge in [0.05, 0.1) is 6.10 Å². The van der Waals surface area contributed by atoms with Gasteiger partial charge in [-0.15, -0.1) is 0 Å². The third-order valence-corrected chi connectivity index (χ3v) is 3.45. The van der Waals surface area contributed by atoms with Gasteiger partial charge < -0.3 is 10.1 Å². The second kappa shape index (κ2) is 6.18. The molecule has 3 unspecified atom stereocenters.